The number of nitrogens with zero attached hydrogens (tertiary/aromatic N) is 1. The lowest BCUT2D eigenvalue weighted by molar-refractivity contribution is -0.129. The van der Waals surface area contributed by atoms with E-state index < -0.39 is 5.97 Å². The van der Waals surface area contributed by atoms with Gasteiger partial charge in [-0.3, -0.25) is 0 Å². The van der Waals surface area contributed by atoms with E-state index in [1.165, 1.54) is 6.07 Å². The molecule has 8 heteroatoms. The Morgan fingerprint density at radius 1 is 1.15 bits per heavy atom. The van der Waals surface area contributed by atoms with Crippen LogP contribution in [0.15, 0.2) is 69.8 Å². The average molecular weight is 636 g/mol. The monoisotopic (exact) mass is 635 g/mol. The molecular weight excluding hydrogens is 616 g/mol. The van der Waals surface area contributed by atoms with Gasteiger partial charge >= 0.3 is 5.97 Å². The van der Waals surface area contributed by atoms with Crippen molar-refractivity contribution < 1.29 is 23.4 Å². The first-order valence-corrected chi connectivity index (χ1v) is 12.3. The normalized spacial score (nSPS) is 14.2. The zero-order valence-corrected chi connectivity index (χ0v) is 22.1. The van der Waals surface area contributed by atoms with Crippen molar-refractivity contribution in [1.82, 2.24) is 0 Å². The SMILES string of the molecule is CCOc1cc(/C=C2\N=C(c3ccc(I)c(C)c3)OC2=O)cc(Br)c1OCc1ccccc1F. The molecule has 0 spiro atoms. The van der Waals surface area contributed by atoms with E-state index in [0.29, 0.717) is 33.7 Å². The third kappa shape index (κ3) is 5.50. The number of carbonyl (C=O) groups is 1. The summed E-state index contributed by atoms with van der Waals surface area (Å²) in [5.74, 6) is 0.309. The third-order valence-electron chi connectivity index (χ3n) is 4.99. The highest BCUT2D eigenvalue weighted by Gasteiger charge is 2.25. The Morgan fingerprint density at radius 2 is 1.94 bits per heavy atom. The van der Waals surface area contributed by atoms with Gasteiger partial charge in [-0.05, 0) is 106 Å². The zero-order valence-electron chi connectivity index (χ0n) is 18.4. The van der Waals surface area contributed by atoms with Gasteiger partial charge in [-0.25, -0.2) is 14.2 Å². The van der Waals surface area contributed by atoms with E-state index in [2.05, 4.69) is 43.5 Å². The number of cyclic esters (lactones) is 1. The van der Waals surface area contributed by atoms with Crippen LogP contribution in [0.25, 0.3) is 6.08 Å². The molecule has 1 aliphatic heterocycles. The molecule has 4 rings (SSSR count). The van der Waals surface area contributed by atoms with Crippen molar-refractivity contribution in [2.75, 3.05) is 6.61 Å². The van der Waals surface area contributed by atoms with E-state index in [1.807, 2.05) is 32.0 Å². The lowest BCUT2D eigenvalue weighted by Gasteiger charge is -2.15. The van der Waals surface area contributed by atoms with Gasteiger partial charge in [0.1, 0.15) is 12.4 Å². The standard InChI is InChI=1S/C26H20BrFINO4/c1-3-32-23-13-16(11-19(27)24(23)33-14-18-6-4-5-7-20(18)28)12-22-26(31)34-25(30-22)17-8-9-21(29)15(2)10-17/h4-13H,3,14H2,1-2H3/b22-12-. The molecule has 34 heavy (non-hydrogen) atoms. The van der Waals surface area contributed by atoms with Crippen LogP contribution in [0, 0.1) is 16.3 Å². The van der Waals surface area contributed by atoms with Gasteiger partial charge < -0.3 is 14.2 Å². The number of esters is 1. The molecule has 0 saturated heterocycles. The predicted molar refractivity (Wildman–Crippen MR) is 141 cm³/mol. The molecule has 0 aromatic heterocycles. The molecule has 1 heterocycles. The Kier molecular flexibility index (Phi) is 7.67. The van der Waals surface area contributed by atoms with Crippen molar-refractivity contribution in [2.24, 2.45) is 4.99 Å². The van der Waals surface area contributed by atoms with Crippen molar-refractivity contribution in [1.29, 1.82) is 0 Å². The first kappa shape index (κ1) is 24.4. The molecule has 3 aromatic carbocycles. The largest absolute Gasteiger partial charge is 0.490 e. The Balaban J connectivity index is 1.62. The maximum Gasteiger partial charge on any atom is 0.363 e. The number of benzene rings is 3. The summed E-state index contributed by atoms with van der Waals surface area (Å²) in [7, 11) is 0. The van der Waals surface area contributed by atoms with Crippen LogP contribution in [-0.4, -0.2) is 18.5 Å². The van der Waals surface area contributed by atoms with Crippen LogP contribution in [-0.2, 0) is 16.1 Å². The summed E-state index contributed by atoms with van der Waals surface area (Å²) in [5.41, 5.74) is 3.10. The first-order chi connectivity index (χ1) is 16.4. The second-order valence-corrected chi connectivity index (χ2v) is 9.46. The summed E-state index contributed by atoms with van der Waals surface area (Å²) >= 11 is 5.76. The molecule has 0 bridgehead atoms. The summed E-state index contributed by atoms with van der Waals surface area (Å²) in [6.07, 6.45) is 1.63. The molecule has 0 amide bonds. The molecule has 0 aliphatic carbocycles. The Bertz CT molecular complexity index is 1320. The van der Waals surface area contributed by atoms with Crippen LogP contribution >= 0.6 is 38.5 Å². The molecule has 1 aliphatic rings. The minimum absolute atomic E-state index is 0.0428. The van der Waals surface area contributed by atoms with Gasteiger partial charge in [0.05, 0.1) is 11.1 Å². The number of ether oxygens (including phenoxy) is 3. The minimum atomic E-state index is -0.528. The van der Waals surface area contributed by atoms with E-state index in [-0.39, 0.29) is 24.0 Å². The summed E-state index contributed by atoms with van der Waals surface area (Å²) in [6, 6.07) is 15.7. The van der Waals surface area contributed by atoms with Crippen molar-refractivity contribution in [3.63, 3.8) is 0 Å². The molecule has 3 aromatic rings. The quantitative estimate of drug-likeness (QED) is 0.162. The maximum absolute atomic E-state index is 14.0. The number of hydrogen-bond acceptors (Lipinski definition) is 5. The molecule has 0 atom stereocenters. The van der Waals surface area contributed by atoms with E-state index in [4.69, 9.17) is 14.2 Å². The van der Waals surface area contributed by atoms with Crippen molar-refractivity contribution >= 4 is 56.5 Å². The van der Waals surface area contributed by atoms with Crippen molar-refractivity contribution in [2.45, 2.75) is 20.5 Å². The van der Waals surface area contributed by atoms with E-state index >= 15 is 0 Å². The van der Waals surface area contributed by atoms with Gasteiger partial charge in [0.2, 0.25) is 5.90 Å². The van der Waals surface area contributed by atoms with Crippen LogP contribution in [0.1, 0.15) is 29.2 Å². The Hall–Kier alpha value is -2.72. The predicted octanol–water partition coefficient (Wildman–Crippen LogP) is 6.82. The van der Waals surface area contributed by atoms with Gasteiger partial charge in [0.25, 0.3) is 0 Å². The number of carbonyl (C=O) groups excluding carboxylic acids is 1. The van der Waals surface area contributed by atoms with Gasteiger partial charge in [-0.1, -0.05) is 18.2 Å². The topological polar surface area (TPSA) is 57.1 Å². The second-order valence-electron chi connectivity index (χ2n) is 7.44. The first-order valence-electron chi connectivity index (χ1n) is 10.5. The average Bonchev–Trinajstić information content (AvgIpc) is 3.16. The van der Waals surface area contributed by atoms with Gasteiger partial charge in [0, 0.05) is 14.7 Å². The van der Waals surface area contributed by atoms with Crippen LogP contribution < -0.4 is 9.47 Å². The highest BCUT2D eigenvalue weighted by atomic mass is 127. The third-order valence-corrected chi connectivity index (χ3v) is 6.79. The van der Waals surface area contributed by atoms with Gasteiger partial charge in [-0.15, -0.1) is 0 Å². The highest BCUT2D eigenvalue weighted by molar-refractivity contribution is 14.1. The molecule has 5 nitrogen and oxygen atoms in total. The van der Waals surface area contributed by atoms with E-state index in [1.54, 1.807) is 36.4 Å². The zero-order chi connectivity index (χ0) is 24.2. The number of halogens is 3. The minimum Gasteiger partial charge on any atom is -0.490 e. The second kappa shape index (κ2) is 10.7. The van der Waals surface area contributed by atoms with Crippen LogP contribution in [0.5, 0.6) is 11.5 Å². The molecule has 174 valence electrons. The fourth-order valence-electron chi connectivity index (χ4n) is 3.31. The molecule has 0 fully saturated rings. The molecule has 0 saturated carbocycles. The summed E-state index contributed by atoms with van der Waals surface area (Å²) in [4.78, 5) is 16.9. The highest BCUT2D eigenvalue weighted by Crippen LogP contribution is 2.38. The maximum atomic E-state index is 14.0. The van der Waals surface area contributed by atoms with Gasteiger partial charge in [-0.2, -0.15) is 0 Å². The van der Waals surface area contributed by atoms with Crippen molar-refractivity contribution in [3.05, 3.63) is 96.4 Å². The summed E-state index contributed by atoms with van der Waals surface area (Å²) in [6.45, 7) is 4.29. The molecule has 0 radical (unpaired) electrons. The fraction of sp³-hybridized carbons (Fsp3) is 0.154. The van der Waals surface area contributed by atoms with E-state index in [9.17, 15) is 9.18 Å². The van der Waals surface area contributed by atoms with Crippen molar-refractivity contribution in [3.8, 4) is 11.5 Å². The fourth-order valence-corrected chi connectivity index (χ4v) is 4.22. The van der Waals surface area contributed by atoms with Crippen LogP contribution in [0.4, 0.5) is 4.39 Å². The summed E-state index contributed by atoms with van der Waals surface area (Å²) < 4.78 is 32.7. The van der Waals surface area contributed by atoms with Crippen LogP contribution in [0.2, 0.25) is 0 Å². The smallest absolute Gasteiger partial charge is 0.363 e. The van der Waals surface area contributed by atoms with Crippen LogP contribution in [0.3, 0.4) is 0 Å². The number of rotatable bonds is 7. The summed E-state index contributed by atoms with van der Waals surface area (Å²) in [5, 5.41) is 0. The molecule has 0 unspecified atom stereocenters. The number of aryl methyl sites for hydroxylation is 1. The molecular formula is C26H20BrFINO4. The van der Waals surface area contributed by atoms with Gasteiger partial charge in [0.15, 0.2) is 17.2 Å². The molecule has 0 N–H and O–H groups in total. The number of aliphatic imine (C=N–C) groups is 1. The lowest BCUT2D eigenvalue weighted by atomic mass is 10.1. The Labute approximate surface area is 218 Å². The Morgan fingerprint density at radius 3 is 2.68 bits per heavy atom. The number of hydrogen-bond donors (Lipinski definition) is 0. The van der Waals surface area contributed by atoms with E-state index in [0.717, 1.165) is 14.7 Å². The lowest BCUT2D eigenvalue weighted by Crippen LogP contribution is -2.06.